The second-order valence-electron chi connectivity index (χ2n) is 3.97. The van der Waals surface area contributed by atoms with E-state index in [0.29, 0.717) is 17.2 Å². The summed E-state index contributed by atoms with van der Waals surface area (Å²) in [5.41, 5.74) is 0.753. The van der Waals surface area contributed by atoms with Crippen LogP contribution in [0, 0.1) is 0 Å². The van der Waals surface area contributed by atoms with E-state index < -0.39 is 6.10 Å². The van der Waals surface area contributed by atoms with Crippen molar-refractivity contribution in [2.45, 2.75) is 13.0 Å². The van der Waals surface area contributed by atoms with E-state index in [9.17, 15) is 5.11 Å². The van der Waals surface area contributed by atoms with Gasteiger partial charge in [0.2, 0.25) is 0 Å². The summed E-state index contributed by atoms with van der Waals surface area (Å²) in [4.78, 5) is 0. The molecule has 2 rings (SSSR count). The highest BCUT2D eigenvalue weighted by Crippen LogP contribution is 2.34. The average Bonchev–Trinajstić information content (AvgIpc) is 2.40. The zero-order valence-electron chi connectivity index (χ0n) is 10.5. The van der Waals surface area contributed by atoms with E-state index in [0.717, 1.165) is 5.56 Å². The summed E-state index contributed by atoms with van der Waals surface area (Å²) >= 11 is 0. The predicted octanol–water partition coefficient (Wildman–Crippen LogP) is 3.54. The minimum absolute atomic E-state index is 0.573. The Kier molecular flexibility index (Phi) is 3.85. The maximum Gasteiger partial charge on any atom is 0.169 e. The van der Waals surface area contributed by atoms with E-state index in [1.165, 1.54) is 0 Å². The van der Waals surface area contributed by atoms with Crippen LogP contribution in [-0.2, 0) is 0 Å². The van der Waals surface area contributed by atoms with Gasteiger partial charge in [-0.3, -0.25) is 0 Å². The fourth-order valence-corrected chi connectivity index (χ4v) is 1.74. The molecule has 0 aliphatic rings. The lowest BCUT2D eigenvalue weighted by atomic mass is 10.1. The molecule has 3 nitrogen and oxygen atoms in total. The highest BCUT2D eigenvalue weighted by molar-refractivity contribution is 5.45. The van der Waals surface area contributed by atoms with Gasteiger partial charge in [-0.05, 0) is 25.1 Å². The van der Waals surface area contributed by atoms with E-state index in [1.54, 1.807) is 14.0 Å². The molecular weight excluding hydrogens is 228 g/mol. The largest absolute Gasteiger partial charge is 0.493 e. The van der Waals surface area contributed by atoms with Crippen LogP contribution >= 0.6 is 0 Å². The molecule has 0 bridgehead atoms. The van der Waals surface area contributed by atoms with Gasteiger partial charge in [-0.25, -0.2) is 0 Å². The Morgan fingerprint density at radius 2 is 1.44 bits per heavy atom. The van der Waals surface area contributed by atoms with Crippen molar-refractivity contribution in [3.63, 3.8) is 0 Å². The number of para-hydroxylation sites is 3. The van der Waals surface area contributed by atoms with Gasteiger partial charge >= 0.3 is 0 Å². The first-order valence-electron chi connectivity index (χ1n) is 5.80. The first-order chi connectivity index (χ1) is 8.72. The second kappa shape index (κ2) is 5.56. The van der Waals surface area contributed by atoms with Crippen molar-refractivity contribution in [1.29, 1.82) is 0 Å². The van der Waals surface area contributed by atoms with Crippen LogP contribution in [0.3, 0.4) is 0 Å². The summed E-state index contributed by atoms with van der Waals surface area (Å²) in [5, 5.41) is 9.70. The highest BCUT2D eigenvalue weighted by atomic mass is 16.5. The van der Waals surface area contributed by atoms with Crippen LogP contribution in [0.25, 0.3) is 0 Å². The number of rotatable bonds is 4. The first-order valence-corrected chi connectivity index (χ1v) is 5.80. The van der Waals surface area contributed by atoms with Crippen molar-refractivity contribution in [2.75, 3.05) is 7.11 Å². The van der Waals surface area contributed by atoms with Crippen LogP contribution < -0.4 is 9.47 Å². The Morgan fingerprint density at radius 1 is 0.889 bits per heavy atom. The Balaban J connectivity index is 2.34. The fraction of sp³-hybridized carbons (Fsp3) is 0.200. The topological polar surface area (TPSA) is 38.7 Å². The lowest BCUT2D eigenvalue weighted by Crippen LogP contribution is -1.96. The third-order valence-electron chi connectivity index (χ3n) is 2.66. The lowest BCUT2D eigenvalue weighted by Gasteiger charge is -2.14. The predicted molar refractivity (Wildman–Crippen MR) is 70.1 cm³/mol. The third kappa shape index (κ3) is 2.63. The van der Waals surface area contributed by atoms with Gasteiger partial charge in [-0.2, -0.15) is 0 Å². The second-order valence-corrected chi connectivity index (χ2v) is 3.97. The smallest absolute Gasteiger partial charge is 0.169 e. The average molecular weight is 244 g/mol. The summed E-state index contributed by atoms with van der Waals surface area (Å²) in [6.45, 7) is 1.71. The minimum Gasteiger partial charge on any atom is -0.493 e. The third-order valence-corrected chi connectivity index (χ3v) is 2.66. The van der Waals surface area contributed by atoms with Crippen LogP contribution in [0.15, 0.2) is 48.5 Å². The van der Waals surface area contributed by atoms with Gasteiger partial charge in [0.15, 0.2) is 11.5 Å². The zero-order valence-corrected chi connectivity index (χ0v) is 10.5. The molecule has 0 aromatic heterocycles. The van der Waals surface area contributed by atoms with E-state index in [2.05, 4.69) is 0 Å². The summed E-state index contributed by atoms with van der Waals surface area (Å²) in [6.07, 6.45) is -0.573. The van der Waals surface area contributed by atoms with Crippen molar-refractivity contribution >= 4 is 0 Å². The molecule has 0 saturated carbocycles. The van der Waals surface area contributed by atoms with E-state index in [1.807, 2.05) is 48.5 Å². The first kappa shape index (κ1) is 12.5. The monoisotopic (exact) mass is 244 g/mol. The van der Waals surface area contributed by atoms with E-state index >= 15 is 0 Å². The molecule has 2 aromatic carbocycles. The van der Waals surface area contributed by atoms with Gasteiger partial charge in [0.25, 0.3) is 0 Å². The number of hydrogen-bond donors (Lipinski definition) is 1. The van der Waals surface area contributed by atoms with Gasteiger partial charge < -0.3 is 14.6 Å². The molecule has 0 amide bonds. The molecule has 0 unspecified atom stereocenters. The molecule has 0 spiro atoms. The maximum atomic E-state index is 9.70. The number of hydrogen-bond acceptors (Lipinski definition) is 3. The van der Waals surface area contributed by atoms with Gasteiger partial charge in [0.1, 0.15) is 5.75 Å². The van der Waals surface area contributed by atoms with Gasteiger partial charge in [0, 0.05) is 5.56 Å². The number of benzene rings is 2. The molecule has 3 heteroatoms. The van der Waals surface area contributed by atoms with Crippen LogP contribution in [0.4, 0.5) is 0 Å². The lowest BCUT2D eigenvalue weighted by molar-refractivity contribution is 0.195. The SMILES string of the molecule is COc1ccccc1Oc1ccccc1[C@H](C)O. The van der Waals surface area contributed by atoms with Gasteiger partial charge in [0.05, 0.1) is 13.2 Å². The summed E-state index contributed by atoms with van der Waals surface area (Å²) in [5.74, 6) is 1.93. The Morgan fingerprint density at radius 3 is 2.06 bits per heavy atom. The molecule has 2 aromatic rings. The fourth-order valence-electron chi connectivity index (χ4n) is 1.74. The Labute approximate surface area is 107 Å². The number of aliphatic hydroxyl groups is 1. The highest BCUT2D eigenvalue weighted by Gasteiger charge is 2.11. The van der Waals surface area contributed by atoms with Crippen molar-refractivity contribution < 1.29 is 14.6 Å². The molecule has 1 atom stereocenters. The van der Waals surface area contributed by atoms with E-state index in [-0.39, 0.29) is 0 Å². The summed E-state index contributed by atoms with van der Waals surface area (Å²) < 4.78 is 11.0. The Bertz CT molecular complexity index is 521. The summed E-state index contributed by atoms with van der Waals surface area (Å²) in [7, 11) is 1.60. The number of aliphatic hydroxyl groups excluding tert-OH is 1. The minimum atomic E-state index is -0.573. The molecule has 0 saturated heterocycles. The molecule has 94 valence electrons. The molecule has 1 N–H and O–H groups in total. The van der Waals surface area contributed by atoms with Crippen LogP contribution in [0.5, 0.6) is 17.2 Å². The van der Waals surface area contributed by atoms with Crippen molar-refractivity contribution in [3.05, 3.63) is 54.1 Å². The van der Waals surface area contributed by atoms with Crippen LogP contribution in [-0.4, -0.2) is 12.2 Å². The number of ether oxygens (including phenoxy) is 2. The van der Waals surface area contributed by atoms with Gasteiger partial charge in [-0.15, -0.1) is 0 Å². The molecule has 0 aliphatic carbocycles. The molecule has 0 radical (unpaired) electrons. The van der Waals surface area contributed by atoms with E-state index in [4.69, 9.17) is 9.47 Å². The molecule has 18 heavy (non-hydrogen) atoms. The van der Waals surface area contributed by atoms with Crippen molar-refractivity contribution in [3.8, 4) is 17.2 Å². The van der Waals surface area contributed by atoms with Crippen LogP contribution in [0.2, 0.25) is 0 Å². The molecular formula is C15H16O3. The quantitative estimate of drug-likeness (QED) is 0.894. The van der Waals surface area contributed by atoms with Crippen molar-refractivity contribution in [2.24, 2.45) is 0 Å². The van der Waals surface area contributed by atoms with Crippen LogP contribution in [0.1, 0.15) is 18.6 Å². The van der Waals surface area contributed by atoms with Crippen molar-refractivity contribution in [1.82, 2.24) is 0 Å². The maximum absolute atomic E-state index is 9.70. The zero-order chi connectivity index (χ0) is 13.0. The summed E-state index contributed by atoms with van der Waals surface area (Å²) in [6, 6.07) is 14.8. The normalized spacial score (nSPS) is 11.9. The molecule has 0 aliphatic heterocycles. The standard InChI is InChI=1S/C15H16O3/c1-11(16)12-7-3-4-8-13(12)18-15-10-6-5-9-14(15)17-2/h3-11,16H,1-2H3/t11-/m0/s1. The molecule has 0 heterocycles. The Hall–Kier alpha value is -2.00. The molecule has 0 fully saturated rings. The number of methoxy groups -OCH3 is 1. The van der Waals surface area contributed by atoms with Gasteiger partial charge in [-0.1, -0.05) is 30.3 Å².